The number of Topliss-reactive ketones (excluding diaryl/α,β-unsaturated/α-hetero) is 1. The zero-order chi connectivity index (χ0) is 21.0. The van der Waals surface area contributed by atoms with Crippen molar-refractivity contribution >= 4 is 17.7 Å². The fourth-order valence-electron chi connectivity index (χ4n) is 2.81. The van der Waals surface area contributed by atoms with Gasteiger partial charge in [0.05, 0.1) is 0 Å². The predicted octanol–water partition coefficient (Wildman–Crippen LogP) is 2.90. The molecule has 0 fully saturated rings. The summed E-state index contributed by atoms with van der Waals surface area (Å²) >= 11 is 0. The first-order valence-electron chi connectivity index (χ1n) is 9.32. The van der Waals surface area contributed by atoms with Crippen molar-refractivity contribution < 1.29 is 28.6 Å². The second kappa shape index (κ2) is 8.77. The molecule has 2 aromatic carbocycles. The van der Waals surface area contributed by atoms with Crippen LogP contribution < -0.4 is 14.8 Å². The SMILES string of the molecule is Cc1ccc(C(=O)N[C@H](C(=O)OCC(=O)c2ccc3c(c2)OCO3)C(C)C)cc1. The van der Waals surface area contributed by atoms with E-state index < -0.39 is 18.6 Å². The molecule has 0 aliphatic carbocycles. The number of hydrogen-bond donors (Lipinski definition) is 1. The summed E-state index contributed by atoms with van der Waals surface area (Å²) in [6.45, 7) is 5.19. The zero-order valence-electron chi connectivity index (χ0n) is 16.6. The quantitative estimate of drug-likeness (QED) is 0.571. The summed E-state index contributed by atoms with van der Waals surface area (Å²) < 4.78 is 15.6. The van der Waals surface area contributed by atoms with E-state index in [1.54, 1.807) is 44.2 Å². The average Bonchev–Trinajstić information content (AvgIpc) is 3.17. The molecular formula is C22H23NO6. The molecule has 0 saturated carbocycles. The van der Waals surface area contributed by atoms with Crippen LogP contribution in [0.2, 0.25) is 0 Å². The molecule has 152 valence electrons. The Balaban J connectivity index is 1.60. The number of nitrogens with one attached hydrogen (secondary N) is 1. The first-order chi connectivity index (χ1) is 13.8. The Bertz CT molecular complexity index is 919. The van der Waals surface area contributed by atoms with Crippen LogP contribution in [0.5, 0.6) is 11.5 Å². The van der Waals surface area contributed by atoms with Gasteiger partial charge in [-0.2, -0.15) is 0 Å². The Hall–Kier alpha value is -3.35. The van der Waals surface area contributed by atoms with Gasteiger partial charge in [-0.25, -0.2) is 4.79 Å². The Morgan fingerprint density at radius 3 is 2.34 bits per heavy atom. The van der Waals surface area contributed by atoms with E-state index in [2.05, 4.69) is 5.32 Å². The van der Waals surface area contributed by atoms with Gasteiger partial charge in [0, 0.05) is 11.1 Å². The van der Waals surface area contributed by atoms with Gasteiger partial charge in [0.1, 0.15) is 6.04 Å². The number of esters is 1. The van der Waals surface area contributed by atoms with Gasteiger partial charge >= 0.3 is 5.97 Å². The summed E-state index contributed by atoms with van der Waals surface area (Å²) in [5.74, 6) is -0.566. The first-order valence-corrected chi connectivity index (χ1v) is 9.32. The molecule has 0 bridgehead atoms. The second-order valence-electron chi connectivity index (χ2n) is 7.16. The van der Waals surface area contributed by atoms with Crippen LogP contribution in [0.4, 0.5) is 0 Å². The number of rotatable bonds is 7. The molecule has 7 heteroatoms. The van der Waals surface area contributed by atoms with Gasteiger partial charge < -0.3 is 19.5 Å². The van der Waals surface area contributed by atoms with Crippen molar-refractivity contribution in [3.63, 3.8) is 0 Å². The number of amides is 1. The monoisotopic (exact) mass is 397 g/mol. The summed E-state index contributed by atoms with van der Waals surface area (Å²) in [5, 5.41) is 2.69. The number of hydrogen-bond acceptors (Lipinski definition) is 6. The highest BCUT2D eigenvalue weighted by molar-refractivity contribution is 5.99. The standard InChI is InChI=1S/C22H23NO6/c1-13(2)20(23-21(25)15-6-4-14(3)5-7-15)22(26)27-11-17(24)16-8-9-18-19(10-16)29-12-28-18/h4-10,13,20H,11-12H2,1-3H3,(H,23,25)/t20-/m0/s1. The van der Waals surface area contributed by atoms with Crippen molar-refractivity contribution in [2.45, 2.75) is 26.8 Å². The topological polar surface area (TPSA) is 90.9 Å². The summed E-state index contributed by atoms with van der Waals surface area (Å²) in [4.78, 5) is 37.3. The van der Waals surface area contributed by atoms with Gasteiger partial charge in [-0.05, 0) is 43.2 Å². The first kappa shape index (κ1) is 20.4. The average molecular weight is 397 g/mol. The van der Waals surface area contributed by atoms with E-state index in [0.29, 0.717) is 22.6 Å². The lowest BCUT2D eigenvalue weighted by atomic mass is 10.0. The van der Waals surface area contributed by atoms with Crippen molar-refractivity contribution in [1.29, 1.82) is 0 Å². The third-order valence-corrected chi connectivity index (χ3v) is 4.56. The smallest absolute Gasteiger partial charge is 0.329 e. The summed E-state index contributed by atoms with van der Waals surface area (Å²) in [7, 11) is 0. The van der Waals surface area contributed by atoms with Crippen LogP contribution in [0.3, 0.4) is 0 Å². The van der Waals surface area contributed by atoms with E-state index in [0.717, 1.165) is 5.56 Å². The maximum absolute atomic E-state index is 12.5. The van der Waals surface area contributed by atoms with E-state index in [-0.39, 0.29) is 24.4 Å². The minimum absolute atomic E-state index is 0.110. The zero-order valence-corrected chi connectivity index (χ0v) is 16.6. The van der Waals surface area contributed by atoms with Crippen LogP contribution in [0.15, 0.2) is 42.5 Å². The van der Waals surface area contributed by atoms with E-state index in [4.69, 9.17) is 14.2 Å². The number of aryl methyl sites for hydroxylation is 1. The van der Waals surface area contributed by atoms with Crippen LogP contribution in [-0.4, -0.2) is 37.1 Å². The highest BCUT2D eigenvalue weighted by Gasteiger charge is 2.27. The van der Waals surface area contributed by atoms with Gasteiger partial charge in [-0.15, -0.1) is 0 Å². The molecule has 0 unspecified atom stereocenters. The number of carbonyl (C=O) groups is 3. The Morgan fingerprint density at radius 2 is 1.66 bits per heavy atom. The number of fused-ring (bicyclic) bond motifs is 1. The van der Waals surface area contributed by atoms with Gasteiger partial charge in [0.15, 0.2) is 23.9 Å². The molecule has 1 N–H and O–H groups in total. The lowest BCUT2D eigenvalue weighted by molar-refractivity contribution is -0.145. The molecule has 0 saturated heterocycles. The molecule has 7 nitrogen and oxygen atoms in total. The fraction of sp³-hybridized carbons (Fsp3) is 0.318. The largest absolute Gasteiger partial charge is 0.456 e. The summed E-state index contributed by atoms with van der Waals surface area (Å²) in [6, 6.07) is 10.9. The molecule has 29 heavy (non-hydrogen) atoms. The van der Waals surface area contributed by atoms with Crippen molar-refractivity contribution in [2.24, 2.45) is 5.92 Å². The molecule has 1 heterocycles. The highest BCUT2D eigenvalue weighted by atomic mass is 16.7. The van der Waals surface area contributed by atoms with Crippen LogP contribution in [0, 0.1) is 12.8 Å². The van der Waals surface area contributed by atoms with E-state index in [9.17, 15) is 14.4 Å². The molecule has 1 amide bonds. The molecule has 0 spiro atoms. The molecule has 0 aromatic heterocycles. The molecule has 2 aromatic rings. The minimum Gasteiger partial charge on any atom is -0.456 e. The summed E-state index contributed by atoms with van der Waals surface area (Å²) in [6.07, 6.45) is 0. The van der Waals surface area contributed by atoms with Gasteiger partial charge in [0.2, 0.25) is 6.79 Å². The second-order valence-corrected chi connectivity index (χ2v) is 7.16. The number of ketones is 1. The van der Waals surface area contributed by atoms with Crippen LogP contribution >= 0.6 is 0 Å². The van der Waals surface area contributed by atoms with E-state index >= 15 is 0 Å². The predicted molar refractivity (Wildman–Crippen MR) is 105 cm³/mol. The number of carbonyl (C=O) groups excluding carboxylic acids is 3. The van der Waals surface area contributed by atoms with Crippen molar-refractivity contribution in [3.8, 4) is 11.5 Å². The fourth-order valence-corrected chi connectivity index (χ4v) is 2.81. The maximum Gasteiger partial charge on any atom is 0.329 e. The Kier molecular flexibility index (Phi) is 6.16. The highest BCUT2D eigenvalue weighted by Crippen LogP contribution is 2.32. The van der Waals surface area contributed by atoms with Crippen LogP contribution in [-0.2, 0) is 9.53 Å². The third kappa shape index (κ3) is 4.93. The van der Waals surface area contributed by atoms with E-state index in [1.165, 1.54) is 0 Å². The van der Waals surface area contributed by atoms with Crippen LogP contribution in [0.1, 0.15) is 40.1 Å². The Labute approximate surface area is 169 Å². The number of ether oxygens (including phenoxy) is 3. The normalized spacial score (nSPS) is 13.1. The summed E-state index contributed by atoms with van der Waals surface area (Å²) in [5.41, 5.74) is 1.83. The van der Waals surface area contributed by atoms with Crippen LogP contribution in [0.25, 0.3) is 0 Å². The lowest BCUT2D eigenvalue weighted by Gasteiger charge is -2.20. The molecule has 1 aliphatic heterocycles. The molecular weight excluding hydrogens is 374 g/mol. The van der Waals surface area contributed by atoms with E-state index in [1.807, 2.05) is 19.1 Å². The molecule has 3 rings (SSSR count). The number of benzene rings is 2. The maximum atomic E-state index is 12.5. The van der Waals surface area contributed by atoms with Crippen molar-refractivity contribution in [2.75, 3.05) is 13.4 Å². The van der Waals surface area contributed by atoms with Gasteiger partial charge in [0.25, 0.3) is 5.91 Å². The Morgan fingerprint density at radius 1 is 1.00 bits per heavy atom. The third-order valence-electron chi connectivity index (χ3n) is 4.56. The molecule has 0 radical (unpaired) electrons. The minimum atomic E-state index is -0.867. The van der Waals surface area contributed by atoms with Gasteiger partial charge in [-0.1, -0.05) is 31.5 Å². The van der Waals surface area contributed by atoms with Gasteiger partial charge in [-0.3, -0.25) is 9.59 Å². The lowest BCUT2D eigenvalue weighted by Crippen LogP contribution is -2.45. The van der Waals surface area contributed by atoms with Crippen molar-refractivity contribution in [3.05, 3.63) is 59.2 Å². The molecule has 1 aliphatic rings. The van der Waals surface area contributed by atoms with Crippen molar-refractivity contribution in [1.82, 2.24) is 5.32 Å². The molecule has 1 atom stereocenters.